The van der Waals surface area contributed by atoms with Gasteiger partial charge in [0.05, 0.1) is 0 Å². The molecule has 1 heteroatoms. The van der Waals surface area contributed by atoms with Crippen molar-refractivity contribution >= 4 is 0 Å². The third kappa shape index (κ3) is 4.23. The van der Waals surface area contributed by atoms with E-state index in [1.807, 2.05) is 0 Å². The smallest absolute Gasteiger partial charge is 0.0123 e. The van der Waals surface area contributed by atoms with Gasteiger partial charge in [0.25, 0.3) is 0 Å². The third-order valence-corrected chi connectivity index (χ3v) is 6.10. The first kappa shape index (κ1) is 16.3. The van der Waals surface area contributed by atoms with Crippen molar-refractivity contribution in [3.8, 4) is 0 Å². The van der Waals surface area contributed by atoms with Crippen LogP contribution in [0.2, 0.25) is 0 Å². The Labute approximate surface area is 127 Å². The van der Waals surface area contributed by atoms with Gasteiger partial charge in [-0.3, -0.25) is 0 Å². The van der Waals surface area contributed by atoms with Gasteiger partial charge in [-0.25, -0.2) is 0 Å². The molecule has 0 aromatic heterocycles. The molecule has 118 valence electrons. The summed E-state index contributed by atoms with van der Waals surface area (Å²) < 4.78 is 0. The minimum absolute atomic E-state index is 0.517. The van der Waals surface area contributed by atoms with E-state index in [2.05, 4.69) is 33.0 Å². The van der Waals surface area contributed by atoms with Crippen LogP contribution in [0.4, 0.5) is 0 Å². The molecule has 1 atom stereocenters. The summed E-state index contributed by atoms with van der Waals surface area (Å²) in [4.78, 5) is 0. The Balaban J connectivity index is 1.90. The molecule has 2 aliphatic carbocycles. The molecule has 1 unspecified atom stereocenters. The van der Waals surface area contributed by atoms with Gasteiger partial charge < -0.3 is 5.32 Å². The Bertz CT molecular complexity index is 264. The lowest BCUT2D eigenvalue weighted by Gasteiger charge is -2.42. The van der Waals surface area contributed by atoms with Gasteiger partial charge in [-0.15, -0.1) is 0 Å². The Hall–Kier alpha value is -0.0400. The molecule has 1 N–H and O–H groups in total. The van der Waals surface area contributed by atoms with Gasteiger partial charge in [-0.1, -0.05) is 47.0 Å². The Morgan fingerprint density at radius 1 is 0.850 bits per heavy atom. The van der Waals surface area contributed by atoms with Crippen molar-refractivity contribution in [2.45, 2.75) is 91.5 Å². The largest absolute Gasteiger partial charge is 0.314 e. The highest BCUT2D eigenvalue weighted by Gasteiger charge is 2.35. The van der Waals surface area contributed by atoms with Crippen LogP contribution >= 0.6 is 0 Å². The van der Waals surface area contributed by atoms with E-state index in [-0.39, 0.29) is 0 Å². The monoisotopic (exact) mass is 279 g/mol. The van der Waals surface area contributed by atoms with Crippen molar-refractivity contribution in [3.63, 3.8) is 0 Å². The predicted octanol–water partition coefficient (Wildman–Crippen LogP) is 5.40. The zero-order valence-electron chi connectivity index (χ0n) is 14.4. The molecule has 0 bridgehead atoms. The van der Waals surface area contributed by atoms with E-state index in [0.29, 0.717) is 5.41 Å². The predicted molar refractivity (Wildman–Crippen MR) is 88.9 cm³/mol. The highest BCUT2D eigenvalue weighted by molar-refractivity contribution is 4.89. The zero-order valence-corrected chi connectivity index (χ0v) is 14.4. The first-order valence-electron chi connectivity index (χ1n) is 9.25. The molecular formula is C19H37N. The molecule has 2 aliphatic rings. The van der Waals surface area contributed by atoms with Crippen LogP contribution in [0.3, 0.4) is 0 Å². The van der Waals surface area contributed by atoms with Crippen LogP contribution in [-0.2, 0) is 0 Å². The van der Waals surface area contributed by atoms with Crippen LogP contribution in [0.5, 0.6) is 0 Å². The van der Waals surface area contributed by atoms with Gasteiger partial charge in [0, 0.05) is 6.04 Å². The molecule has 0 spiro atoms. The number of hydrogen-bond acceptors (Lipinski definition) is 1. The molecule has 2 fully saturated rings. The van der Waals surface area contributed by atoms with Crippen LogP contribution in [0.25, 0.3) is 0 Å². The highest BCUT2D eigenvalue weighted by Crippen LogP contribution is 2.43. The number of hydrogen-bond donors (Lipinski definition) is 1. The summed E-state index contributed by atoms with van der Waals surface area (Å²) >= 11 is 0. The average Bonchev–Trinajstić information content (AvgIpc) is 2.45. The molecule has 0 radical (unpaired) electrons. The van der Waals surface area contributed by atoms with Crippen LogP contribution in [0.1, 0.15) is 85.5 Å². The van der Waals surface area contributed by atoms with Crippen molar-refractivity contribution in [2.24, 2.45) is 23.2 Å². The molecule has 2 saturated carbocycles. The second kappa shape index (κ2) is 7.29. The minimum atomic E-state index is 0.517. The third-order valence-electron chi connectivity index (χ3n) is 6.10. The lowest BCUT2D eigenvalue weighted by Crippen LogP contribution is -2.45. The molecule has 0 saturated heterocycles. The summed E-state index contributed by atoms with van der Waals surface area (Å²) in [5, 5.41) is 3.88. The molecule has 0 amide bonds. The summed E-state index contributed by atoms with van der Waals surface area (Å²) in [5.41, 5.74) is 0.517. The van der Waals surface area contributed by atoms with E-state index < -0.39 is 0 Å². The highest BCUT2D eigenvalue weighted by atomic mass is 14.9. The minimum Gasteiger partial charge on any atom is -0.314 e. The number of rotatable bonds is 4. The molecule has 0 aromatic rings. The Morgan fingerprint density at radius 3 is 1.90 bits per heavy atom. The second-order valence-corrected chi connectivity index (χ2v) is 8.46. The van der Waals surface area contributed by atoms with Crippen LogP contribution in [-0.4, -0.2) is 12.6 Å². The first-order valence-corrected chi connectivity index (χ1v) is 9.25. The summed E-state index contributed by atoms with van der Waals surface area (Å²) in [6.45, 7) is 10.7. The fraction of sp³-hybridized carbons (Fsp3) is 1.00. The van der Waals surface area contributed by atoms with Gasteiger partial charge in [-0.2, -0.15) is 0 Å². The summed E-state index contributed by atoms with van der Waals surface area (Å²) in [7, 11) is 0. The SMILES string of the molecule is CCNC(C1CCCCC1)C1CCC(C(C)(C)C)CC1. The standard InChI is InChI=1S/C19H37N/c1-5-20-18(15-9-7-6-8-10-15)16-11-13-17(14-12-16)19(2,3)4/h15-18,20H,5-14H2,1-4H3. The van der Waals surface area contributed by atoms with E-state index in [1.165, 1.54) is 57.8 Å². The topological polar surface area (TPSA) is 12.0 Å². The molecule has 0 aromatic carbocycles. The Kier molecular flexibility index (Phi) is 5.95. The molecule has 20 heavy (non-hydrogen) atoms. The van der Waals surface area contributed by atoms with Crippen LogP contribution in [0.15, 0.2) is 0 Å². The summed E-state index contributed by atoms with van der Waals surface area (Å²) in [6, 6.07) is 0.821. The zero-order chi connectivity index (χ0) is 14.6. The Morgan fingerprint density at radius 2 is 1.40 bits per heavy atom. The summed E-state index contributed by atoms with van der Waals surface area (Å²) in [6.07, 6.45) is 13.3. The van der Waals surface area contributed by atoms with Crippen LogP contribution in [0, 0.1) is 23.2 Å². The molecule has 0 aliphatic heterocycles. The average molecular weight is 280 g/mol. The maximum Gasteiger partial charge on any atom is 0.0123 e. The summed E-state index contributed by atoms with van der Waals surface area (Å²) in [5.74, 6) is 2.88. The normalized spacial score (nSPS) is 31.2. The molecule has 1 nitrogen and oxygen atoms in total. The van der Waals surface area contributed by atoms with E-state index in [0.717, 1.165) is 30.3 Å². The van der Waals surface area contributed by atoms with Crippen molar-refractivity contribution in [2.75, 3.05) is 6.54 Å². The van der Waals surface area contributed by atoms with E-state index >= 15 is 0 Å². The van der Waals surface area contributed by atoms with Crippen LogP contribution < -0.4 is 5.32 Å². The van der Waals surface area contributed by atoms with Crippen molar-refractivity contribution in [3.05, 3.63) is 0 Å². The number of nitrogens with one attached hydrogen (secondary N) is 1. The fourth-order valence-corrected chi connectivity index (χ4v) is 4.79. The van der Waals surface area contributed by atoms with Gasteiger partial charge >= 0.3 is 0 Å². The second-order valence-electron chi connectivity index (χ2n) is 8.46. The van der Waals surface area contributed by atoms with Gasteiger partial charge in [0.2, 0.25) is 0 Å². The van der Waals surface area contributed by atoms with Crippen molar-refractivity contribution in [1.82, 2.24) is 5.32 Å². The molecule has 0 heterocycles. The quantitative estimate of drug-likeness (QED) is 0.727. The molecular weight excluding hydrogens is 242 g/mol. The van der Waals surface area contributed by atoms with E-state index in [4.69, 9.17) is 0 Å². The van der Waals surface area contributed by atoms with Gasteiger partial charge in [-0.05, 0) is 68.2 Å². The maximum absolute atomic E-state index is 3.88. The van der Waals surface area contributed by atoms with E-state index in [1.54, 1.807) is 0 Å². The lowest BCUT2D eigenvalue weighted by atomic mass is 9.66. The van der Waals surface area contributed by atoms with E-state index in [9.17, 15) is 0 Å². The fourth-order valence-electron chi connectivity index (χ4n) is 4.79. The lowest BCUT2D eigenvalue weighted by molar-refractivity contribution is 0.107. The van der Waals surface area contributed by atoms with Crippen molar-refractivity contribution < 1.29 is 0 Å². The molecule has 2 rings (SSSR count). The van der Waals surface area contributed by atoms with Gasteiger partial charge in [0.15, 0.2) is 0 Å². The first-order chi connectivity index (χ1) is 9.52. The van der Waals surface area contributed by atoms with Gasteiger partial charge in [0.1, 0.15) is 0 Å². The maximum atomic E-state index is 3.88. The van der Waals surface area contributed by atoms with Crippen molar-refractivity contribution in [1.29, 1.82) is 0 Å².